The molecule has 0 atom stereocenters. The van der Waals surface area contributed by atoms with E-state index in [0.717, 1.165) is 34.2 Å². The lowest BCUT2D eigenvalue weighted by atomic mass is 10.0. The Balaban J connectivity index is 1.62. The zero-order chi connectivity index (χ0) is 18.1. The van der Waals surface area contributed by atoms with E-state index in [9.17, 15) is 4.79 Å². The number of aromatic nitrogens is 4. The number of thiazole rings is 2. The number of fused-ring (bicyclic) bond motifs is 1. The summed E-state index contributed by atoms with van der Waals surface area (Å²) in [7, 11) is 1.86. The van der Waals surface area contributed by atoms with E-state index >= 15 is 0 Å². The molecule has 0 aliphatic heterocycles. The first kappa shape index (κ1) is 17.1. The van der Waals surface area contributed by atoms with Gasteiger partial charge < -0.3 is 0 Å². The number of amides is 1. The van der Waals surface area contributed by atoms with E-state index in [-0.39, 0.29) is 5.91 Å². The van der Waals surface area contributed by atoms with Crippen LogP contribution >= 0.6 is 22.7 Å². The third-order valence-corrected chi connectivity index (χ3v) is 6.37. The predicted molar refractivity (Wildman–Crippen MR) is 105 cm³/mol. The molecule has 4 rings (SSSR count). The van der Waals surface area contributed by atoms with Gasteiger partial charge in [0, 0.05) is 35.6 Å². The van der Waals surface area contributed by atoms with Gasteiger partial charge >= 0.3 is 0 Å². The lowest BCUT2D eigenvalue weighted by Gasteiger charge is -2.16. The molecule has 6 nitrogen and oxygen atoms in total. The largest absolute Gasteiger partial charge is 0.279 e. The van der Waals surface area contributed by atoms with Crippen molar-refractivity contribution < 1.29 is 4.79 Å². The molecule has 8 heteroatoms. The van der Waals surface area contributed by atoms with Crippen molar-refractivity contribution in [3.05, 3.63) is 46.7 Å². The van der Waals surface area contributed by atoms with Crippen LogP contribution in [-0.4, -0.2) is 32.2 Å². The van der Waals surface area contributed by atoms with Crippen molar-refractivity contribution in [3.8, 4) is 10.6 Å². The van der Waals surface area contributed by atoms with Crippen LogP contribution in [0.4, 0.5) is 5.13 Å². The summed E-state index contributed by atoms with van der Waals surface area (Å²) in [6.07, 6.45) is 9.81. The molecule has 0 fully saturated rings. The maximum Gasteiger partial charge on any atom is 0.279 e. The minimum atomic E-state index is -0.137. The van der Waals surface area contributed by atoms with Gasteiger partial charge in [0.25, 0.3) is 5.91 Å². The van der Waals surface area contributed by atoms with Crippen molar-refractivity contribution >= 4 is 33.7 Å². The van der Waals surface area contributed by atoms with Gasteiger partial charge in [0.15, 0.2) is 5.13 Å². The van der Waals surface area contributed by atoms with Crippen LogP contribution in [-0.2, 0) is 19.9 Å². The molecule has 3 aromatic heterocycles. The summed E-state index contributed by atoms with van der Waals surface area (Å²) in [5.74, 6) is -0.137. The Bertz CT molecular complexity index is 931. The third-order valence-electron chi connectivity index (χ3n) is 4.30. The number of carbonyl (C=O) groups is 1. The molecule has 0 unspecified atom stereocenters. The number of hydrogen-bond acceptors (Lipinski definition) is 6. The van der Waals surface area contributed by atoms with E-state index < -0.39 is 0 Å². The van der Waals surface area contributed by atoms with Crippen LogP contribution in [0.3, 0.4) is 0 Å². The van der Waals surface area contributed by atoms with E-state index in [1.54, 1.807) is 38.6 Å². The minimum Gasteiger partial charge on any atom is -0.279 e. The summed E-state index contributed by atoms with van der Waals surface area (Å²) in [5.41, 5.74) is 2.49. The average molecular weight is 386 g/mol. The number of anilines is 1. The number of carbonyl (C=O) groups excluding carboxylic acids is 1. The lowest BCUT2D eigenvalue weighted by molar-refractivity contribution is 0.0985. The average Bonchev–Trinajstić information content (AvgIpc) is 3.37. The van der Waals surface area contributed by atoms with Crippen molar-refractivity contribution in [3.63, 3.8) is 0 Å². The van der Waals surface area contributed by atoms with Crippen molar-refractivity contribution in [2.45, 2.75) is 25.7 Å². The van der Waals surface area contributed by atoms with E-state index in [1.807, 2.05) is 13.2 Å². The minimum absolute atomic E-state index is 0.137. The van der Waals surface area contributed by atoms with Gasteiger partial charge in [-0.2, -0.15) is 5.10 Å². The molecule has 134 valence electrons. The molecule has 3 aromatic rings. The van der Waals surface area contributed by atoms with Crippen LogP contribution in [0.5, 0.6) is 0 Å². The Morgan fingerprint density at radius 3 is 2.96 bits per heavy atom. The first-order valence-electron chi connectivity index (χ1n) is 8.51. The summed E-state index contributed by atoms with van der Waals surface area (Å²) in [5, 5.41) is 7.50. The van der Waals surface area contributed by atoms with Gasteiger partial charge in [-0.25, -0.2) is 9.97 Å². The maximum absolute atomic E-state index is 13.1. The SMILES string of the molecule is C=CCN(C(=O)c1csc(-c2cnn(C)c2)n1)c1nc2c(s1)CCCC2. The molecule has 0 saturated carbocycles. The van der Waals surface area contributed by atoms with E-state index in [4.69, 9.17) is 4.98 Å². The van der Waals surface area contributed by atoms with Gasteiger partial charge in [-0.3, -0.25) is 14.4 Å². The van der Waals surface area contributed by atoms with Gasteiger partial charge in [-0.05, 0) is 25.7 Å². The van der Waals surface area contributed by atoms with Gasteiger partial charge in [0.05, 0.1) is 11.9 Å². The Morgan fingerprint density at radius 1 is 1.38 bits per heavy atom. The monoisotopic (exact) mass is 385 g/mol. The van der Waals surface area contributed by atoms with Crippen LogP contribution in [0.1, 0.15) is 33.9 Å². The Hall–Kier alpha value is -2.32. The van der Waals surface area contributed by atoms with Crippen LogP contribution in [0.15, 0.2) is 30.4 Å². The summed E-state index contributed by atoms with van der Waals surface area (Å²) in [6, 6.07) is 0. The fraction of sp³-hybridized carbons (Fsp3) is 0.333. The molecule has 26 heavy (non-hydrogen) atoms. The highest BCUT2D eigenvalue weighted by Crippen LogP contribution is 2.33. The fourth-order valence-corrected chi connectivity index (χ4v) is 4.93. The smallest absolute Gasteiger partial charge is 0.279 e. The molecule has 0 bridgehead atoms. The first-order chi connectivity index (χ1) is 12.7. The highest BCUT2D eigenvalue weighted by molar-refractivity contribution is 7.16. The second-order valence-corrected chi connectivity index (χ2v) is 8.14. The number of aryl methyl sites for hydroxylation is 3. The first-order valence-corrected chi connectivity index (χ1v) is 10.2. The molecule has 0 spiro atoms. The quantitative estimate of drug-likeness (QED) is 0.628. The molecular weight excluding hydrogens is 366 g/mol. The summed E-state index contributed by atoms with van der Waals surface area (Å²) in [6.45, 7) is 4.22. The Morgan fingerprint density at radius 2 is 2.23 bits per heavy atom. The topological polar surface area (TPSA) is 63.9 Å². The fourth-order valence-electron chi connectivity index (χ4n) is 3.01. The number of hydrogen-bond donors (Lipinski definition) is 0. The molecule has 0 radical (unpaired) electrons. The Kier molecular flexibility index (Phi) is 4.69. The van der Waals surface area contributed by atoms with Crippen molar-refractivity contribution in [1.82, 2.24) is 19.7 Å². The van der Waals surface area contributed by atoms with E-state index in [1.165, 1.54) is 29.1 Å². The second kappa shape index (κ2) is 7.13. The van der Waals surface area contributed by atoms with E-state index in [0.29, 0.717) is 12.2 Å². The van der Waals surface area contributed by atoms with Gasteiger partial charge in [-0.1, -0.05) is 6.08 Å². The molecule has 1 amide bonds. The third kappa shape index (κ3) is 3.22. The molecule has 0 saturated heterocycles. The summed E-state index contributed by atoms with van der Waals surface area (Å²) >= 11 is 3.07. The Labute approximate surface area is 159 Å². The zero-order valence-corrected chi connectivity index (χ0v) is 16.1. The van der Waals surface area contributed by atoms with E-state index in [2.05, 4.69) is 16.7 Å². The molecule has 0 aromatic carbocycles. The summed E-state index contributed by atoms with van der Waals surface area (Å²) in [4.78, 5) is 25.3. The number of nitrogens with zero attached hydrogens (tertiary/aromatic N) is 5. The van der Waals surface area contributed by atoms with Crippen LogP contribution in [0, 0.1) is 0 Å². The zero-order valence-electron chi connectivity index (χ0n) is 14.5. The van der Waals surface area contributed by atoms with Crippen LogP contribution in [0.2, 0.25) is 0 Å². The van der Waals surface area contributed by atoms with Crippen LogP contribution in [0.25, 0.3) is 10.6 Å². The molecule has 1 aliphatic rings. The highest BCUT2D eigenvalue weighted by atomic mass is 32.1. The van der Waals surface area contributed by atoms with Gasteiger partial charge in [-0.15, -0.1) is 29.3 Å². The molecular formula is C18H19N5OS2. The van der Waals surface area contributed by atoms with Gasteiger partial charge in [0.1, 0.15) is 10.7 Å². The molecule has 1 aliphatic carbocycles. The maximum atomic E-state index is 13.1. The van der Waals surface area contributed by atoms with Crippen molar-refractivity contribution in [1.29, 1.82) is 0 Å². The number of rotatable bonds is 5. The molecule has 0 N–H and O–H groups in total. The highest BCUT2D eigenvalue weighted by Gasteiger charge is 2.25. The van der Waals surface area contributed by atoms with Crippen LogP contribution < -0.4 is 4.90 Å². The normalized spacial score (nSPS) is 13.4. The molecule has 3 heterocycles. The van der Waals surface area contributed by atoms with Crippen molar-refractivity contribution in [2.24, 2.45) is 7.05 Å². The summed E-state index contributed by atoms with van der Waals surface area (Å²) < 4.78 is 1.72. The predicted octanol–water partition coefficient (Wildman–Crippen LogP) is 3.71. The lowest BCUT2D eigenvalue weighted by Crippen LogP contribution is -2.31. The van der Waals surface area contributed by atoms with Gasteiger partial charge in [0.2, 0.25) is 0 Å². The standard InChI is InChI=1S/C18H19N5OS2/c1-3-8-23(18-21-13-6-4-5-7-15(13)26-18)17(24)14-11-25-16(20-14)12-9-19-22(2)10-12/h3,9-11H,1,4-8H2,2H3. The second-order valence-electron chi connectivity index (χ2n) is 6.22. The van der Waals surface area contributed by atoms with Crippen molar-refractivity contribution in [2.75, 3.05) is 11.4 Å².